The molecule has 0 atom stereocenters. The lowest BCUT2D eigenvalue weighted by Gasteiger charge is -2.24. The Hall–Kier alpha value is -1.19. The molecule has 0 aliphatic rings. The highest BCUT2D eigenvalue weighted by molar-refractivity contribution is 5.97. The van der Waals surface area contributed by atoms with E-state index in [0.717, 1.165) is 5.56 Å². The number of aliphatic hydroxyl groups excluding tert-OH is 1. The van der Waals surface area contributed by atoms with Crippen molar-refractivity contribution in [1.29, 1.82) is 0 Å². The van der Waals surface area contributed by atoms with Crippen LogP contribution in [0.15, 0.2) is 24.3 Å². The van der Waals surface area contributed by atoms with Crippen molar-refractivity contribution in [3.8, 4) is 0 Å². The van der Waals surface area contributed by atoms with Crippen molar-refractivity contribution in [1.82, 2.24) is 4.90 Å². The van der Waals surface area contributed by atoms with E-state index in [2.05, 4.69) is 13.8 Å². The number of carbonyl (C=O) groups excluding carboxylic acids is 1. The molecule has 1 N–H and O–H groups in total. The summed E-state index contributed by atoms with van der Waals surface area (Å²) in [5.41, 5.74) is 1.99. The molecule has 106 valence electrons. The zero-order valence-corrected chi connectivity index (χ0v) is 12.4. The Kier molecular flexibility index (Phi) is 6.19. The molecular weight excluding hydrogens is 238 g/mol. The van der Waals surface area contributed by atoms with Crippen molar-refractivity contribution in [3.05, 3.63) is 35.4 Å². The van der Waals surface area contributed by atoms with Crippen LogP contribution in [0.2, 0.25) is 0 Å². The van der Waals surface area contributed by atoms with Crippen molar-refractivity contribution in [2.24, 2.45) is 0 Å². The minimum Gasteiger partial charge on any atom is -0.395 e. The highest BCUT2D eigenvalue weighted by atomic mass is 16.3. The minimum atomic E-state index is 0.0811. The molecule has 0 aliphatic carbocycles. The van der Waals surface area contributed by atoms with E-state index in [9.17, 15) is 4.79 Å². The largest absolute Gasteiger partial charge is 0.395 e. The number of ketones is 1. The number of nitrogens with zero attached hydrogens (tertiary/aromatic N) is 1. The van der Waals surface area contributed by atoms with Gasteiger partial charge in [-0.1, -0.05) is 38.1 Å². The number of hydrogen-bond acceptors (Lipinski definition) is 3. The van der Waals surface area contributed by atoms with E-state index in [4.69, 9.17) is 5.11 Å². The van der Waals surface area contributed by atoms with E-state index in [1.165, 1.54) is 5.56 Å². The standard InChI is InChI=1S/C16H25NO2/c1-12(2)14-5-7-15(8-6-14)16(19)11-17(9-10-18)13(3)4/h5-8,12-13,18H,9-11H2,1-4H3. The Morgan fingerprint density at radius 3 is 2.16 bits per heavy atom. The van der Waals surface area contributed by atoms with Gasteiger partial charge in [0.05, 0.1) is 13.2 Å². The van der Waals surface area contributed by atoms with Crippen LogP contribution in [0.25, 0.3) is 0 Å². The first-order valence-electron chi connectivity index (χ1n) is 6.93. The van der Waals surface area contributed by atoms with Gasteiger partial charge in [-0.15, -0.1) is 0 Å². The maximum Gasteiger partial charge on any atom is 0.176 e. The molecule has 0 fully saturated rings. The number of benzene rings is 1. The van der Waals surface area contributed by atoms with E-state index in [-0.39, 0.29) is 18.4 Å². The zero-order valence-electron chi connectivity index (χ0n) is 12.4. The molecule has 3 nitrogen and oxygen atoms in total. The number of rotatable bonds is 7. The van der Waals surface area contributed by atoms with Gasteiger partial charge >= 0.3 is 0 Å². The Morgan fingerprint density at radius 1 is 1.16 bits per heavy atom. The summed E-state index contributed by atoms with van der Waals surface area (Å²) in [4.78, 5) is 14.2. The molecule has 0 unspecified atom stereocenters. The summed E-state index contributed by atoms with van der Waals surface area (Å²) in [6, 6.07) is 8.09. The predicted octanol–water partition coefficient (Wildman–Crippen LogP) is 2.70. The van der Waals surface area contributed by atoms with Crippen LogP contribution in [-0.2, 0) is 0 Å². The molecule has 0 aromatic heterocycles. The Morgan fingerprint density at radius 2 is 1.74 bits per heavy atom. The van der Waals surface area contributed by atoms with Crippen LogP contribution in [-0.4, -0.2) is 41.5 Å². The van der Waals surface area contributed by atoms with E-state index in [1.54, 1.807) is 0 Å². The summed E-state index contributed by atoms with van der Waals surface area (Å²) in [5, 5.41) is 9.01. The second-order valence-electron chi connectivity index (χ2n) is 5.49. The quantitative estimate of drug-likeness (QED) is 0.769. The van der Waals surface area contributed by atoms with Gasteiger partial charge in [0.2, 0.25) is 0 Å². The summed E-state index contributed by atoms with van der Waals surface area (Å²) >= 11 is 0. The molecule has 0 aliphatic heterocycles. The van der Waals surface area contributed by atoms with Gasteiger partial charge in [0, 0.05) is 18.2 Å². The average molecular weight is 263 g/mol. The Labute approximate surface area is 116 Å². The first-order chi connectivity index (χ1) is 8.95. The smallest absolute Gasteiger partial charge is 0.176 e. The fourth-order valence-electron chi connectivity index (χ4n) is 1.98. The monoisotopic (exact) mass is 263 g/mol. The van der Waals surface area contributed by atoms with Crippen LogP contribution < -0.4 is 0 Å². The molecule has 0 heterocycles. The molecule has 0 amide bonds. The molecule has 3 heteroatoms. The Bertz CT molecular complexity index is 396. The first-order valence-corrected chi connectivity index (χ1v) is 6.93. The number of hydrogen-bond donors (Lipinski definition) is 1. The number of Topliss-reactive ketones (excluding diaryl/α,β-unsaturated/α-hetero) is 1. The molecule has 0 bridgehead atoms. The molecule has 1 rings (SSSR count). The topological polar surface area (TPSA) is 40.5 Å². The third-order valence-electron chi connectivity index (χ3n) is 3.36. The fourth-order valence-corrected chi connectivity index (χ4v) is 1.98. The Balaban J connectivity index is 2.71. The van der Waals surface area contributed by atoms with Gasteiger partial charge in [0.1, 0.15) is 0 Å². The third-order valence-corrected chi connectivity index (χ3v) is 3.36. The normalized spacial score (nSPS) is 11.6. The van der Waals surface area contributed by atoms with Crippen molar-refractivity contribution in [2.75, 3.05) is 19.7 Å². The van der Waals surface area contributed by atoms with Crippen LogP contribution >= 0.6 is 0 Å². The van der Waals surface area contributed by atoms with Gasteiger partial charge in [-0.3, -0.25) is 9.69 Å². The maximum atomic E-state index is 12.2. The molecule has 0 saturated heterocycles. The molecule has 0 spiro atoms. The summed E-state index contributed by atoms with van der Waals surface area (Å²) in [5.74, 6) is 0.586. The van der Waals surface area contributed by atoms with Crippen molar-refractivity contribution in [2.45, 2.75) is 39.7 Å². The van der Waals surface area contributed by atoms with Crippen molar-refractivity contribution >= 4 is 5.78 Å². The highest BCUT2D eigenvalue weighted by Gasteiger charge is 2.15. The lowest BCUT2D eigenvalue weighted by molar-refractivity contribution is 0.0881. The highest BCUT2D eigenvalue weighted by Crippen LogP contribution is 2.15. The van der Waals surface area contributed by atoms with Gasteiger partial charge in [0.25, 0.3) is 0 Å². The number of aliphatic hydroxyl groups is 1. The predicted molar refractivity (Wildman–Crippen MR) is 78.7 cm³/mol. The second-order valence-corrected chi connectivity index (χ2v) is 5.49. The van der Waals surface area contributed by atoms with Crippen LogP contribution in [0.1, 0.15) is 49.5 Å². The van der Waals surface area contributed by atoms with Crippen LogP contribution in [0.4, 0.5) is 0 Å². The minimum absolute atomic E-state index is 0.0811. The molecule has 19 heavy (non-hydrogen) atoms. The summed E-state index contributed by atoms with van der Waals surface area (Å²) in [7, 11) is 0. The zero-order chi connectivity index (χ0) is 14.4. The van der Waals surface area contributed by atoms with Crippen molar-refractivity contribution < 1.29 is 9.90 Å². The van der Waals surface area contributed by atoms with Gasteiger partial charge in [-0.05, 0) is 25.3 Å². The summed E-state index contributed by atoms with van der Waals surface area (Å²) in [6.07, 6.45) is 0. The van der Waals surface area contributed by atoms with E-state index in [1.807, 2.05) is 43.0 Å². The fraction of sp³-hybridized carbons (Fsp3) is 0.562. The maximum absolute atomic E-state index is 12.2. The van der Waals surface area contributed by atoms with Crippen LogP contribution in [0.5, 0.6) is 0 Å². The van der Waals surface area contributed by atoms with E-state index >= 15 is 0 Å². The first kappa shape index (κ1) is 15.9. The third kappa shape index (κ3) is 4.77. The van der Waals surface area contributed by atoms with Crippen molar-refractivity contribution in [3.63, 3.8) is 0 Å². The molecule has 1 aromatic carbocycles. The van der Waals surface area contributed by atoms with Gasteiger partial charge in [-0.2, -0.15) is 0 Å². The molecule has 1 aromatic rings. The molecule has 0 saturated carbocycles. The average Bonchev–Trinajstić information content (AvgIpc) is 2.38. The van der Waals surface area contributed by atoms with Crippen LogP contribution in [0, 0.1) is 0 Å². The second kappa shape index (κ2) is 7.41. The number of carbonyl (C=O) groups is 1. The summed E-state index contributed by atoms with van der Waals surface area (Å²) in [6.45, 7) is 9.32. The van der Waals surface area contributed by atoms with E-state index in [0.29, 0.717) is 19.0 Å². The molecule has 0 radical (unpaired) electrons. The molecular formula is C16H25NO2. The van der Waals surface area contributed by atoms with Gasteiger partial charge < -0.3 is 5.11 Å². The SMILES string of the molecule is CC(C)c1ccc(C(=O)CN(CCO)C(C)C)cc1. The van der Waals surface area contributed by atoms with E-state index < -0.39 is 0 Å². The van der Waals surface area contributed by atoms with Crippen LogP contribution in [0.3, 0.4) is 0 Å². The lowest BCUT2D eigenvalue weighted by Crippen LogP contribution is -2.37. The van der Waals surface area contributed by atoms with Gasteiger partial charge in [-0.25, -0.2) is 0 Å². The lowest BCUT2D eigenvalue weighted by atomic mass is 10.0. The summed E-state index contributed by atoms with van der Waals surface area (Å²) < 4.78 is 0. The van der Waals surface area contributed by atoms with Gasteiger partial charge in [0.15, 0.2) is 5.78 Å².